The number of ether oxygens (including phenoxy) is 1. The molecular formula is C21H24N4O3. The highest BCUT2D eigenvalue weighted by Gasteiger charge is 2.18. The third-order valence-electron chi connectivity index (χ3n) is 4.65. The van der Waals surface area contributed by atoms with Gasteiger partial charge in [0.1, 0.15) is 17.0 Å². The van der Waals surface area contributed by atoms with E-state index in [1.807, 2.05) is 56.3 Å². The largest absolute Gasteiger partial charge is 0.497 e. The zero-order chi connectivity index (χ0) is 20.3. The van der Waals surface area contributed by atoms with Gasteiger partial charge < -0.3 is 15.0 Å². The quantitative estimate of drug-likeness (QED) is 0.708. The van der Waals surface area contributed by atoms with Crippen molar-refractivity contribution < 1.29 is 9.53 Å². The first-order valence-corrected chi connectivity index (χ1v) is 8.97. The summed E-state index contributed by atoms with van der Waals surface area (Å²) in [5.41, 5.74) is 2.07. The van der Waals surface area contributed by atoms with E-state index in [2.05, 4.69) is 10.3 Å². The monoisotopic (exact) mass is 380 g/mol. The molecular weight excluding hydrogens is 356 g/mol. The number of amides is 1. The molecule has 1 N–H and O–H groups in total. The lowest BCUT2D eigenvalue weighted by molar-refractivity contribution is 0.0940. The van der Waals surface area contributed by atoms with Crippen molar-refractivity contribution in [2.45, 2.75) is 13.0 Å². The molecule has 2 heterocycles. The number of carbonyl (C=O) groups excluding carboxylic acids is 1. The molecule has 146 valence electrons. The fourth-order valence-electron chi connectivity index (χ4n) is 3.07. The first kappa shape index (κ1) is 19.6. The summed E-state index contributed by atoms with van der Waals surface area (Å²) in [6, 6.07) is 11.3. The number of carbonyl (C=O) groups is 1. The van der Waals surface area contributed by atoms with Gasteiger partial charge in [0.05, 0.1) is 13.2 Å². The number of aryl methyl sites for hydroxylation is 1. The van der Waals surface area contributed by atoms with E-state index >= 15 is 0 Å². The summed E-state index contributed by atoms with van der Waals surface area (Å²) in [7, 11) is 5.49. The van der Waals surface area contributed by atoms with Gasteiger partial charge in [-0.3, -0.25) is 14.0 Å². The van der Waals surface area contributed by atoms with Crippen molar-refractivity contribution >= 4 is 11.6 Å². The van der Waals surface area contributed by atoms with Gasteiger partial charge in [0, 0.05) is 18.9 Å². The molecule has 1 aromatic carbocycles. The Bertz CT molecular complexity index is 1060. The summed E-state index contributed by atoms with van der Waals surface area (Å²) in [4.78, 5) is 31.6. The van der Waals surface area contributed by atoms with Gasteiger partial charge >= 0.3 is 0 Å². The Labute approximate surface area is 163 Å². The lowest BCUT2D eigenvalue weighted by Gasteiger charge is -2.25. The summed E-state index contributed by atoms with van der Waals surface area (Å²) >= 11 is 0. The average molecular weight is 380 g/mol. The van der Waals surface area contributed by atoms with Crippen molar-refractivity contribution in [3.8, 4) is 5.75 Å². The van der Waals surface area contributed by atoms with Crippen molar-refractivity contribution in [2.24, 2.45) is 0 Å². The van der Waals surface area contributed by atoms with Crippen LogP contribution in [0, 0.1) is 6.92 Å². The second-order valence-electron chi connectivity index (χ2n) is 6.88. The van der Waals surface area contributed by atoms with Crippen molar-refractivity contribution in [1.82, 2.24) is 19.6 Å². The number of likely N-dealkylation sites (N-methyl/N-ethyl adjacent to an activating group) is 1. The fraction of sp³-hybridized carbons (Fsp3) is 0.286. The summed E-state index contributed by atoms with van der Waals surface area (Å²) in [5, 5.41) is 2.86. The van der Waals surface area contributed by atoms with E-state index in [0.717, 1.165) is 16.9 Å². The van der Waals surface area contributed by atoms with Gasteiger partial charge in [0.15, 0.2) is 0 Å². The summed E-state index contributed by atoms with van der Waals surface area (Å²) in [5.74, 6) is 0.311. The second kappa shape index (κ2) is 8.22. The summed E-state index contributed by atoms with van der Waals surface area (Å²) in [6.45, 7) is 2.23. The van der Waals surface area contributed by atoms with Gasteiger partial charge in [-0.15, -0.1) is 0 Å². The lowest BCUT2D eigenvalue weighted by atomic mass is 10.1. The molecule has 0 saturated heterocycles. The van der Waals surface area contributed by atoms with Crippen LogP contribution in [0.5, 0.6) is 5.75 Å². The number of nitrogens with zero attached hydrogens (tertiary/aromatic N) is 3. The molecule has 0 bridgehead atoms. The first-order chi connectivity index (χ1) is 13.4. The Kier molecular flexibility index (Phi) is 5.75. The van der Waals surface area contributed by atoms with Crippen LogP contribution in [0.3, 0.4) is 0 Å². The van der Waals surface area contributed by atoms with E-state index in [1.165, 1.54) is 10.6 Å². The van der Waals surface area contributed by atoms with Crippen LogP contribution >= 0.6 is 0 Å². The molecule has 7 heteroatoms. The molecule has 0 radical (unpaired) electrons. The van der Waals surface area contributed by atoms with Crippen molar-refractivity contribution in [2.75, 3.05) is 27.7 Å². The number of rotatable bonds is 6. The summed E-state index contributed by atoms with van der Waals surface area (Å²) < 4.78 is 6.69. The van der Waals surface area contributed by atoms with Gasteiger partial charge in [-0.2, -0.15) is 0 Å². The Balaban J connectivity index is 1.82. The van der Waals surface area contributed by atoms with Crippen LogP contribution in [0.1, 0.15) is 27.5 Å². The normalized spacial score (nSPS) is 12.2. The lowest BCUT2D eigenvalue weighted by Crippen LogP contribution is -2.37. The molecule has 0 saturated carbocycles. The standard InChI is InChI=1S/C21H24N4O3/c1-14-8-9-19-22-11-17(21(27)25(19)13-14)20(26)23-12-18(24(2)3)15-6-5-7-16(10-15)28-4/h5-11,13,18H,12H2,1-4H3,(H,23,26). The topological polar surface area (TPSA) is 75.9 Å². The summed E-state index contributed by atoms with van der Waals surface area (Å²) in [6.07, 6.45) is 3.01. The van der Waals surface area contributed by atoms with Crippen molar-refractivity contribution in [3.05, 3.63) is 75.8 Å². The van der Waals surface area contributed by atoms with E-state index < -0.39 is 5.91 Å². The highest BCUT2D eigenvalue weighted by atomic mass is 16.5. The Hall–Kier alpha value is -3.19. The van der Waals surface area contributed by atoms with Crippen LogP contribution in [0.15, 0.2) is 53.6 Å². The smallest absolute Gasteiger partial charge is 0.270 e. The van der Waals surface area contributed by atoms with Crippen LogP contribution in [0.4, 0.5) is 0 Å². The minimum atomic E-state index is -0.442. The van der Waals surface area contributed by atoms with Gasteiger partial charge in [-0.1, -0.05) is 18.2 Å². The predicted molar refractivity (Wildman–Crippen MR) is 108 cm³/mol. The van der Waals surface area contributed by atoms with E-state index in [4.69, 9.17) is 4.74 Å². The van der Waals surface area contributed by atoms with Crippen LogP contribution in [-0.2, 0) is 0 Å². The van der Waals surface area contributed by atoms with Gasteiger partial charge in [0.2, 0.25) is 0 Å². The third-order valence-corrected chi connectivity index (χ3v) is 4.65. The van der Waals surface area contributed by atoms with Gasteiger partial charge in [-0.25, -0.2) is 4.98 Å². The van der Waals surface area contributed by atoms with Crippen molar-refractivity contribution in [3.63, 3.8) is 0 Å². The number of methoxy groups -OCH3 is 1. The highest BCUT2D eigenvalue weighted by molar-refractivity contribution is 5.93. The van der Waals surface area contributed by atoms with Crippen LogP contribution in [-0.4, -0.2) is 47.9 Å². The molecule has 3 aromatic rings. The number of nitrogens with one attached hydrogen (secondary N) is 1. The molecule has 0 aliphatic carbocycles. The Morgan fingerprint density at radius 3 is 2.79 bits per heavy atom. The first-order valence-electron chi connectivity index (χ1n) is 8.97. The zero-order valence-corrected chi connectivity index (χ0v) is 16.5. The molecule has 7 nitrogen and oxygen atoms in total. The molecule has 1 amide bonds. The number of hydrogen-bond donors (Lipinski definition) is 1. The number of pyridine rings is 1. The third kappa shape index (κ3) is 4.04. The zero-order valence-electron chi connectivity index (χ0n) is 16.5. The molecule has 0 aliphatic heterocycles. The number of hydrogen-bond acceptors (Lipinski definition) is 5. The van der Waals surface area contributed by atoms with E-state index in [-0.39, 0.29) is 17.2 Å². The SMILES string of the molecule is COc1cccc(C(CNC(=O)c2cnc3ccc(C)cn3c2=O)N(C)C)c1. The average Bonchev–Trinajstić information content (AvgIpc) is 2.68. The van der Waals surface area contributed by atoms with E-state index in [0.29, 0.717) is 12.2 Å². The van der Waals surface area contributed by atoms with Gasteiger partial charge in [0.25, 0.3) is 11.5 Å². The van der Waals surface area contributed by atoms with Crippen LogP contribution in [0.25, 0.3) is 5.65 Å². The van der Waals surface area contributed by atoms with Crippen LogP contribution in [0.2, 0.25) is 0 Å². The molecule has 0 spiro atoms. The second-order valence-corrected chi connectivity index (χ2v) is 6.88. The Morgan fingerprint density at radius 1 is 1.29 bits per heavy atom. The minimum Gasteiger partial charge on any atom is -0.497 e. The fourth-order valence-corrected chi connectivity index (χ4v) is 3.07. The Morgan fingerprint density at radius 2 is 2.07 bits per heavy atom. The molecule has 2 aromatic heterocycles. The molecule has 1 unspecified atom stereocenters. The maximum absolute atomic E-state index is 12.7. The molecule has 1 atom stereocenters. The van der Waals surface area contributed by atoms with Crippen LogP contribution < -0.4 is 15.6 Å². The predicted octanol–water partition coefficient (Wildman–Crippen LogP) is 2.04. The maximum atomic E-state index is 12.7. The molecule has 0 aliphatic rings. The molecule has 0 fully saturated rings. The molecule has 3 rings (SSSR count). The van der Waals surface area contributed by atoms with E-state index in [1.54, 1.807) is 19.4 Å². The number of fused-ring (bicyclic) bond motifs is 1. The number of benzene rings is 1. The highest BCUT2D eigenvalue weighted by Crippen LogP contribution is 2.22. The number of aromatic nitrogens is 2. The van der Waals surface area contributed by atoms with E-state index in [9.17, 15) is 9.59 Å². The minimum absolute atomic E-state index is 0.0197. The molecule has 28 heavy (non-hydrogen) atoms. The van der Waals surface area contributed by atoms with Crippen molar-refractivity contribution in [1.29, 1.82) is 0 Å². The maximum Gasteiger partial charge on any atom is 0.270 e. The van der Waals surface area contributed by atoms with Gasteiger partial charge in [-0.05, 0) is 50.3 Å².